The number of nitrogens with zero attached hydrogens (tertiary/aromatic N) is 3. The normalized spacial score (nSPS) is 29.2. The highest BCUT2D eigenvalue weighted by molar-refractivity contribution is 5.71. The number of H-pyrrole nitrogens is 1. The van der Waals surface area contributed by atoms with E-state index in [0.717, 1.165) is 16.9 Å². The van der Waals surface area contributed by atoms with Crippen LogP contribution in [0.4, 0.5) is 0 Å². The number of hydrogen-bond acceptors (Lipinski definition) is 8. The molecule has 0 saturated carbocycles. The lowest BCUT2D eigenvalue weighted by Crippen LogP contribution is -2.33. The summed E-state index contributed by atoms with van der Waals surface area (Å²) in [6.45, 7) is 1.51. The van der Waals surface area contributed by atoms with Gasteiger partial charge >= 0.3 is 0 Å². The number of aromatic amines is 1. The Balaban J connectivity index is 0.000000147. The van der Waals surface area contributed by atoms with E-state index in [4.69, 9.17) is 20.4 Å². The van der Waals surface area contributed by atoms with Crippen molar-refractivity contribution in [2.24, 2.45) is 0 Å². The Bertz CT molecular complexity index is 562. The molecule has 1 fully saturated rings. The maximum atomic E-state index is 8.93. The van der Waals surface area contributed by atoms with Crippen LogP contribution in [0, 0.1) is 6.92 Å². The average Bonchev–Trinajstić information content (AvgIpc) is 3.01. The van der Waals surface area contributed by atoms with Crippen molar-refractivity contribution in [1.82, 2.24) is 19.9 Å². The van der Waals surface area contributed by atoms with Gasteiger partial charge in [-0.25, -0.2) is 15.0 Å². The van der Waals surface area contributed by atoms with Crippen LogP contribution < -0.4 is 0 Å². The highest BCUT2D eigenvalue weighted by Gasteiger charge is 2.41. The summed E-state index contributed by atoms with van der Waals surface area (Å²) in [4.78, 5) is 14.9. The van der Waals surface area contributed by atoms with Gasteiger partial charge in [-0.15, -0.1) is 0 Å². The first-order chi connectivity index (χ1) is 9.54. The van der Waals surface area contributed by atoms with E-state index in [0.29, 0.717) is 0 Å². The summed E-state index contributed by atoms with van der Waals surface area (Å²) in [5.74, 6) is 0. The molecule has 3 rings (SSSR count). The molecule has 0 bridgehead atoms. The van der Waals surface area contributed by atoms with Gasteiger partial charge < -0.3 is 30.1 Å². The maximum absolute atomic E-state index is 8.93. The molecule has 5 N–H and O–H groups in total. The van der Waals surface area contributed by atoms with E-state index in [1.807, 2.05) is 6.92 Å². The summed E-state index contributed by atoms with van der Waals surface area (Å²) in [7, 11) is 0. The van der Waals surface area contributed by atoms with Gasteiger partial charge in [-0.1, -0.05) is 0 Å². The third kappa shape index (κ3) is 2.92. The molecule has 9 nitrogen and oxygen atoms in total. The van der Waals surface area contributed by atoms with Crippen molar-refractivity contribution in [1.29, 1.82) is 0 Å². The van der Waals surface area contributed by atoms with Crippen molar-refractivity contribution in [3.8, 4) is 0 Å². The van der Waals surface area contributed by atoms with Crippen molar-refractivity contribution in [3.63, 3.8) is 0 Å². The fourth-order valence-electron chi connectivity index (χ4n) is 1.77. The van der Waals surface area contributed by atoms with Crippen molar-refractivity contribution in [3.05, 3.63) is 18.3 Å². The first-order valence-electron chi connectivity index (χ1n) is 5.95. The van der Waals surface area contributed by atoms with Gasteiger partial charge in [0.15, 0.2) is 11.9 Å². The minimum absolute atomic E-state index is 0.407. The molecule has 3 heterocycles. The number of rotatable bonds is 1. The Morgan fingerprint density at radius 2 is 1.95 bits per heavy atom. The van der Waals surface area contributed by atoms with Crippen LogP contribution in [0.2, 0.25) is 0 Å². The number of aromatic nitrogens is 4. The molecule has 2 aromatic rings. The minimum atomic E-state index is -1.38. The second-order valence-corrected chi connectivity index (χ2v) is 4.29. The zero-order chi connectivity index (χ0) is 14.7. The predicted octanol–water partition coefficient (Wildman–Crippen LogP) is -1.92. The molecule has 0 radical (unpaired) electrons. The first-order valence-corrected chi connectivity index (χ1v) is 5.95. The molecule has 0 aliphatic carbocycles. The van der Waals surface area contributed by atoms with E-state index in [1.165, 1.54) is 6.33 Å². The lowest BCUT2D eigenvalue weighted by molar-refractivity contribution is -0.132. The standard InChI is InChI=1S/C6H6N4.C5H10O5/c1-4-5-6(9-2-7-4)10-3-8-5;6-1-2-3(7)4(8)5(9)10-2/h2-3H,1H3,(H,7,8,9,10);2-9H,1H2/t;2-,3-,4+,5?/m.1/s1. The predicted molar refractivity (Wildman–Crippen MR) is 66.4 cm³/mol. The van der Waals surface area contributed by atoms with Gasteiger partial charge in [-0.2, -0.15) is 0 Å². The smallest absolute Gasteiger partial charge is 0.184 e. The van der Waals surface area contributed by atoms with Gasteiger partial charge in [-0.05, 0) is 6.92 Å². The van der Waals surface area contributed by atoms with E-state index in [2.05, 4.69) is 24.7 Å². The number of aryl methyl sites for hydroxylation is 1. The van der Waals surface area contributed by atoms with Crippen molar-refractivity contribution >= 4 is 11.2 Å². The molecule has 1 aliphatic rings. The number of aliphatic hydroxyl groups excluding tert-OH is 4. The van der Waals surface area contributed by atoms with E-state index in [-0.39, 0.29) is 0 Å². The number of fused-ring (bicyclic) bond motifs is 1. The number of nitrogens with one attached hydrogen (secondary N) is 1. The summed E-state index contributed by atoms with van der Waals surface area (Å²) in [5.41, 5.74) is 2.58. The minimum Gasteiger partial charge on any atom is -0.394 e. The molecule has 2 aromatic heterocycles. The van der Waals surface area contributed by atoms with Gasteiger partial charge in [0, 0.05) is 0 Å². The van der Waals surface area contributed by atoms with Gasteiger partial charge in [0.1, 0.15) is 30.2 Å². The molecule has 20 heavy (non-hydrogen) atoms. The second-order valence-electron chi connectivity index (χ2n) is 4.29. The zero-order valence-electron chi connectivity index (χ0n) is 10.7. The van der Waals surface area contributed by atoms with Gasteiger partial charge in [0.05, 0.1) is 18.6 Å². The SMILES string of the molecule is Cc1ncnc2nc[nH]c12.OC[C@H]1OC(O)[C@@H](O)[C@@H]1O. The van der Waals surface area contributed by atoms with E-state index in [1.54, 1.807) is 6.33 Å². The van der Waals surface area contributed by atoms with Crippen LogP contribution in [-0.2, 0) is 4.74 Å². The molecule has 4 atom stereocenters. The summed E-state index contributed by atoms with van der Waals surface area (Å²) in [5, 5.41) is 35.0. The molecular weight excluding hydrogens is 268 g/mol. The van der Waals surface area contributed by atoms with Gasteiger partial charge in [-0.3, -0.25) is 0 Å². The molecule has 1 unspecified atom stereocenters. The number of hydrogen-bond donors (Lipinski definition) is 5. The molecule has 0 aromatic carbocycles. The fraction of sp³-hybridized carbons (Fsp3) is 0.545. The monoisotopic (exact) mass is 284 g/mol. The van der Waals surface area contributed by atoms with Gasteiger partial charge in [0.25, 0.3) is 0 Å². The topological polar surface area (TPSA) is 145 Å². The molecule has 1 saturated heterocycles. The third-order valence-electron chi connectivity index (χ3n) is 2.93. The third-order valence-corrected chi connectivity index (χ3v) is 2.93. The summed E-state index contributed by atoms with van der Waals surface area (Å²) in [6.07, 6.45) is -1.63. The number of imidazole rings is 1. The Morgan fingerprint density at radius 3 is 2.45 bits per heavy atom. The summed E-state index contributed by atoms with van der Waals surface area (Å²) < 4.78 is 4.54. The average molecular weight is 284 g/mol. The molecule has 1 aliphatic heterocycles. The number of ether oxygens (including phenoxy) is 1. The fourth-order valence-corrected chi connectivity index (χ4v) is 1.77. The summed E-state index contributed by atoms with van der Waals surface area (Å²) >= 11 is 0. The van der Waals surface area contributed by atoms with Crippen LogP contribution in [0.25, 0.3) is 11.2 Å². The molecule has 0 amide bonds. The Hall–Kier alpha value is -1.65. The lowest BCUT2D eigenvalue weighted by Gasteiger charge is -2.09. The highest BCUT2D eigenvalue weighted by Crippen LogP contribution is 2.18. The quantitative estimate of drug-likeness (QED) is 0.407. The number of aliphatic hydroxyl groups is 4. The lowest BCUT2D eigenvalue weighted by atomic mass is 10.1. The van der Waals surface area contributed by atoms with E-state index < -0.39 is 31.2 Å². The highest BCUT2D eigenvalue weighted by atomic mass is 16.6. The van der Waals surface area contributed by atoms with Crippen molar-refractivity contribution in [2.45, 2.75) is 31.5 Å². The van der Waals surface area contributed by atoms with Gasteiger partial charge in [0.2, 0.25) is 0 Å². The van der Waals surface area contributed by atoms with Crippen LogP contribution in [0.3, 0.4) is 0 Å². The van der Waals surface area contributed by atoms with Crippen molar-refractivity contribution < 1.29 is 25.2 Å². The molecular formula is C11H16N4O5. The van der Waals surface area contributed by atoms with Crippen LogP contribution in [0.5, 0.6) is 0 Å². The molecule has 0 spiro atoms. The first kappa shape index (κ1) is 14.8. The van der Waals surface area contributed by atoms with Crippen LogP contribution in [-0.4, -0.2) is 71.6 Å². The Labute approximate surface area is 113 Å². The van der Waals surface area contributed by atoms with Crippen LogP contribution in [0.15, 0.2) is 12.7 Å². The Kier molecular flexibility index (Phi) is 4.57. The van der Waals surface area contributed by atoms with Crippen LogP contribution in [0.1, 0.15) is 5.69 Å². The zero-order valence-corrected chi connectivity index (χ0v) is 10.7. The molecule has 9 heteroatoms. The maximum Gasteiger partial charge on any atom is 0.184 e. The van der Waals surface area contributed by atoms with Crippen molar-refractivity contribution in [2.75, 3.05) is 6.61 Å². The van der Waals surface area contributed by atoms with E-state index in [9.17, 15) is 0 Å². The Morgan fingerprint density at radius 1 is 1.20 bits per heavy atom. The van der Waals surface area contributed by atoms with E-state index >= 15 is 0 Å². The second kappa shape index (κ2) is 6.20. The summed E-state index contributed by atoms with van der Waals surface area (Å²) in [6, 6.07) is 0. The largest absolute Gasteiger partial charge is 0.394 e. The van der Waals surface area contributed by atoms with Crippen LogP contribution >= 0.6 is 0 Å². The molecule has 110 valence electrons.